The van der Waals surface area contributed by atoms with E-state index in [1.54, 1.807) is 6.26 Å². The third kappa shape index (κ3) is 11.5. The van der Waals surface area contributed by atoms with Crippen LogP contribution in [0.5, 0.6) is 0 Å². The van der Waals surface area contributed by atoms with E-state index in [-0.39, 0.29) is 19.3 Å². The van der Waals surface area contributed by atoms with E-state index in [2.05, 4.69) is 25.9 Å². The van der Waals surface area contributed by atoms with Gasteiger partial charge in [0, 0.05) is 18.3 Å². The molecular weight excluding hydrogens is 492 g/mol. The molecule has 1 rings (SSSR count). The fourth-order valence-electron chi connectivity index (χ4n) is 3.21. The molecule has 0 aliphatic carbocycles. The molecule has 4 amide bonds. The van der Waals surface area contributed by atoms with Gasteiger partial charge in [-0.3, -0.25) is 19.2 Å². The van der Waals surface area contributed by atoms with Crippen molar-refractivity contribution >= 4 is 41.4 Å². The van der Waals surface area contributed by atoms with Crippen molar-refractivity contribution in [3.05, 3.63) is 18.2 Å². The molecule has 0 saturated carbocycles. The van der Waals surface area contributed by atoms with Crippen LogP contribution in [0.2, 0.25) is 0 Å². The van der Waals surface area contributed by atoms with Crippen molar-refractivity contribution in [1.29, 1.82) is 0 Å². The van der Waals surface area contributed by atoms with Gasteiger partial charge in [-0.25, -0.2) is 9.78 Å². The van der Waals surface area contributed by atoms with Crippen molar-refractivity contribution in [2.24, 2.45) is 17.2 Å². The lowest BCUT2D eigenvalue weighted by atomic mass is 10.1. The molecule has 0 fully saturated rings. The summed E-state index contributed by atoms with van der Waals surface area (Å²) in [5, 5.41) is 16.8. The first-order chi connectivity index (χ1) is 17.1. The van der Waals surface area contributed by atoms with Crippen molar-refractivity contribution < 1.29 is 29.1 Å². The first-order valence-corrected chi connectivity index (χ1v) is 12.8. The minimum absolute atomic E-state index is 0.107. The molecular formula is C21H36N8O6S. The molecule has 11 N–H and O–H groups in total. The van der Waals surface area contributed by atoms with Gasteiger partial charge >= 0.3 is 5.97 Å². The second-order valence-corrected chi connectivity index (χ2v) is 9.13. The molecule has 0 aliphatic heterocycles. The monoisotopic (exact) mass is 528 g/mol. The summed E-state index contributed by atoms with van der Waals surface area (Å²) in [7, 11) is 0. The largest absolute Gasteiger partial charge is 0.480 e. The smallest absolute Gasteiger partial charge is 0.326 e. The number of nitrogens with zero attached hydrogens (tertiary/aromatic N) is 1. The molecule has 0 aliphatic rings. The third-order valence-corrected chi connectivity index (χ3v) is 5.82. The van der Waals surface area contributed by atoms with Gasteiger partial charge in [0.05, 0.1) is 18.8 Å². The number of thioether (sulfide) groups is 1. The van der Waals surface area contributed by atoms with Crippen molar-refractivity contribution in [2.75, 3.05) is 18.6 Å². The third-order valence-electron chi connectivity index (χ3n) is 5.17. The maximum Gasteiger partial charge on any atom is 0.326 e. The van der Waals surface area contributed by atoms with Gasteiger partial charge < -0.3 is 43.2 Å². The molecule has 0 bridgehead atoms. The van der Waals surface area contributed by atoms with E-state index in [1.807, 2.05) is 0 Å². The van der Waals surface area contributed by atoms with Gasteiger partial charge in [0.15, 0.2) is 0 Å². The molecule has 4 unspecified atom stereocenters. The number of nitrogens with two attached hydrogens (primary N) is 3. The van der Waals surface area contributed by atoms with Gasteiger partial charge in [-0.2, -0.15) is 11.8 Å². The number of amides is 4. The zero-order valence-electron chi connectivity index (χ0n) is 20.2. The summed E-state index contributed by atoms with van der Waals surface area (Å²) in [6.45, 7) is 0.394. The lowest BCUT2D eigenvalue weighted by molar-refractivity contribution is -0.142. The molecule has 0 saturated heterocycles. The molecule has 36 heavy (non-hydrogen) atoms. The maximum atomic E-state index is 13.0. The SMILES string of the molecule is CSCCC(NC(=O)C(CC(N)=O)NC(=O)C(N)Cc1cnc[nH]1)C(=O)NC(CCCCN)C(=O)O. The molecule has 1 aromatic rings. The van der Waals surface area contributed by atoms with Crippen LogP contribution in [0.25, 0.3) is 0 Å². The van der Waals surface area contributed by atoms with Crippen LogP contribution in [0.15, 0.2) is 12.5 Å². The molecule has 15 heteroatoms. The van der Waals surface area contributed by atoms with Gasteiger partial charge in [0.2, 0.25) is 23.6 Å². The summed E-state index contributed by atoms with van der Waals surface area (Å²) in [5.41, 5.74) is 17.2. The minimum Gasteiger partial charge on any atom is -0.480 e. The minimum atomic E-state index is -1.38. The fourth-order valence-corrected chi connectivity index (χ4v) is 3.69. The van der Waals surface area contributed by atoms with Crippen LogP contribution < -0.4 is 33.2 Å². The topological polar surface area (TPSA) is 248 Å². The van der Waals surface area contributed by atoms with Crippen LogP contribution in [0.1, 0.15) is 37.8 Å². The summed E-state index contributed by atoms with van der Waals surface area (Å²) in [5.74, 6) is -3.81. The molecule has 0 spiro atoms. The Morgan fingerprint density at radius 3 is 2.22 bits per heavy atom. The number of nitrogens with one attached hydrogen (secondary N) is 4. The summed E-state index contributed by atoms with van der Waals surface area (Å²) in [4.78, 5) is 68.1. The number of carbonyl (C=O) groups is 5. The van der Waals surface area contributed by atoms with Gasteiger partial charge in [-0.15, -0.1) is 0 Å². The number of rotatable bonds is 18. The van der Waals surface area contributed by atoms with Crippen molar-refractivity contribution in [2.45, 2.75) is 62.7 Å². The molecule has 14 nitrogen and oxygen atoms in total. The predicted molar refractivity (Wildman–Crippen MR) is 133 cm³/mol. The zero-order chi connectivity index (χ0) is 27.1. The Labute approximate surface area is 213 Å². The standard InChI is InChI=1S/C21H36N8O6S/c1-36-7-5-14(19(32)28-15(21(34)35)4-2-3-6-22)27-20(33)16(9-17(24)30)29-18(31)13(23)8-12-10-25-11-26-12/h10-11,13-16H,2-9,22-23H2,1H3,(H2,24,30)(H,25,26)(H,27,33)(H,28,32)(H,29,31)(H,34,35). The quantitative estimate of drug-likeness (QED) is 0.0936. The second-order valence-electron chi connectivity index (χ2n) is 8.15. The number of unbranched alkanes of at least 4 members (excludes halogenated alkanes) is 1. The van der Waals surface area contributed by atoms with E-state index >= 15 is 0 Å². The maximum absolute atomic E-state index is 13.0. The highest BCUT2D eigenvalue weighted by molar-refractivity contribution is 7.98. The average Bonchev–Trinajstić information content (AvgIpc) is 3.33. The van der Waals surface area contributed by atoms with Gasteiger partial charge in [-0.1, -0.05) is 0 Å². The number of imidazole rings is 1. The number of hydrogen-bond donors (Lipinski definition) is 8. The van der Waals surface area contributed by atoms with Crippen molar-refractivity contribution in [3.63, 3.8) is 0 Å². The summed E-state index contributed by atoms with van der Waals surface area (Å²) in [6, 6.07) is -4.69. The number of carbonyl (C=O) groups excluding carboxylic acids is 4. The highest BCUT2D eigenvalue weighted by atomic mass is 32.2. The lowest BCUT2D eigenvalue weighted by Crippen LogP contribution is -2.58. The van der Waals surface area contributed by atoms with Crippen molar-refractivity contribution in [1.82, 2.24) is 25.9 Å². The highest BCUT2D eigenvalue weighted by Crippen LogP contribution is 2.06. The van der Waals surface area contributed by atoms with Crippen LogP contribution in [-0.2, 0) is 30.4 Å². The van der Waals surface area contributed by atoms with E-state index < -0.39 is 60.2 Å². The normalized spacial score (nSPS) is 14.2. The lowest BCUT2D eigenvalue weighted by Gasteiger charge is -2.24. The predicted octanol–water partition coefficient (Wildman–Crippen LogP) is -2.42. The summed E-state index contributed by atoms with van der Waals surface area (Å²) >= 11 is 1.42. The number of carboxylic acid groups (broad SMARTS) is 1. The number of H-pyrrole nitrogens is 1. The Balaban J connectivity index is 2.90. The molecule has 1 heterocycles. The Morgan fingerprint density at radius 1 is 1.03 bits per heavy atom. The van der Waals surface area contributed by atoms with E-state index in [0.717, 1.165) is 0 Å². The zero-order valence-corrected chi connectivity index (χ0v) is 21.0. The van der Waals surface area contributed by atoms with Crippen molar-refractivity contribution in [3.8, 4) is 0 Å². The van der Waals surface area contributed by atoms with Gasteiger partial charge in [-0.05, 0) is 44.2 Å². The number of aromatic amines is 1. The molecule has 0 aromatic carbocycles. The first-order valence-electron chi connectivity index (χ1n) is 11.4. The number of primary amides is 1. The van der Waals surface area contributed by atoms with E-state index in [4.69, 9.17) is 17.2 Å². The van der Waals surface area contributed by atoms with Crippen LogP contribution in [0, 0.1) is 0 Å². The fraction of sp³-hybridized carbons (Fsp3) is 0.619. The Bertz CT molecular complexity index is 869. The second kappa shape index (κ2) is 16.5. The van der Waals surface area contributed by atoms with Gasteiger partial charge in [0.1, 0.15) is 18.1 Å². The Kier molecular flexibility index (Phi) is 14.1. The molecule has 0 radical (unpaired) electrons. The molecule has 4 atom stereocenters. The Hall–Kier alpha value is -3.17. The summed E-state index contributed by atoms with van der Waals surface area (Å²) in [6.07, 6.45) is 5.77. The number of carboxylic acids is 1. The molecule has 1 aromatic heterocycles. The highest BCUT2D eigenvalue weighted by Gasteiger charge is 2.31. The van der Waals surface area contributed by atoms with Crippen LogP contribution in [-0.4, -0.2) is 87.4 Å². The number of aromatic nitrogens is 2. The number of aliphatic carboxylic acids is 1. The van der Waals surface area contributed by atoms with Crippen LogP contribution >= 0.6 is 11.8 Å². The van der Waals surface area contributed by atoms with Crippen LogP contribution in [0.3, 0.4) is 0 Å². The van der Waals surface area contributed by atoms with E-state index in [0.29, 0.717) is 30.8 Å². The summed E-state index contributed by atoms with van der Waals surface area (Å²) < 4.78 is 0. The van der Waals surface area contributed by atoms with E-state index in [1.165, 1.54) is 24.3 Å². The van der Waals surface area contributed by atoms with Crippen LogP contribution in [0.4, 0.5) is 0 Å². The number of hydrogen-bond acceptors (Lipinski definition) is 9. The Morgan fingerprint density at radius 2 is 1.67 bits per heavy atom. The van der Waals surface area contributed by atoms with Gasteiger partial charge in [0.25, 0.3) is 0 Å². The average molecular weight is 529 g/mol. The van der Waals surface area contributed by atoms with E-state index in [9.17, 15) is 29.1 Å². The molecule has 202 valence electrons. The first kappa shape index (κ1) is 30.9.